The van der Waals surface area contributed by atoms with E-state index in [2.05, 4.69) is 56.6 Å². The van der Waals surface area contributed by atoms with Crippen LogP contribution < -0.4 is 0 Å². The zero-order valence-electron chi connectivity index (χ0n) is 23.6. The monoisotopic (exact) mass is 497 g/mol. The van der Waals surface area contributed by atoms with Gasteiger partial charge in [0, 0.05) is 22.2 Å². The lowest BCUT2D eigenvalue weighted by Gasteiger charge is -2.56. The van der Waals surface area contributed by atoms with E-state index in [1.807, 2.05) is 0 Å². The molecule has 37 heavy (non-hydrogen) atoms. The van der Waals surface area contributed by atoms with Crippen LogP contribution in [0.4, 0.5) is 0 Å². The van der Waals surface area contributed by atoms with Crippen LogP contribution in [0.25, 0.3) is 0 Å². The molecule has 0 aromatic carbocycles. The molecule has 8 fully saturated rings. The Hall–Kier alpha value is -1.52. The van der Waals surface area contributed by atoms with E-state index in [0.717, 1.165) is 35.5 Å². The van der Waals surface area contributed by atoms with Crippen molar-refractivity contribution in [3.05, 3.63) is 34.9 Å². The van der Waals surface area contributed by atoms with E-state index in [1.54, 1.807) is 0 Å². The van der Waals surface area contributed by atoms with Crippen molar-refractivity contribution in [1.82, 2.24) is 19.4 Å². The predicted molar refractivity (Wildman–Crippen MR) is 149 cm³/mol. The molecule has 2 aromatic rings. The normalized spacial score (nSPS) is 41.5. The van der Waals surface area contributed by atoms with Crippen LogP contribution in [-0.2, 0) is 10.8 Å². The van der Waals surface area contributed by atoms with Gasteiger partial charge < -0.3 is 0 Å². The molecule has 2 aromatic heterocycles. The molecule has 1 radical (unpaired) electrons. The molecule has 4 nitrogen and oxygen atoms in total. The van der Waals surface area contributed by atoms with Crippen LogP contribution in [0.3, 0.4) is 0 Å². The second-order valence-electron chi connectivity index (χ2n) is 15.6. The lowest BCUT2D eigenvalue weighted by molar-refractivity contribution is -0.00733. The molecule has 0 atom stereocenters. The molecular weight excluding hydrogens is 451 g/mol. The Bertz CT molecular complexity index is 1040. The zero-order chi connectivity index (χ0) is 25.1. The van der Waals surface area contributed by atoms with Crippen molar-refractivity contribution < 1.29 is 0 Å². The summed E-state index contributed by atoms with van der Waals surface area (Å²) in [6, 6.07) is 4.99. The first-order chi connectivity index (χ1) is 17.8. The average Bonchev–Trinajstić information content (AvgIpc) is 3.43. The van der Waals surface area contributed by atoms with Gasteiger partial charge in [0.2, 0.25) is 0 Å². The second kappa shape index (κ2) is 8.01. The number of nitrogens with zero attached hydrogens (tertiary/aromatic N) is 4. The molecule has 2 heterocycles. The van der Waals surface area contributed by atoms with Crippen molar-refractivity contribution in [2.24, 2.45) is 35.5 Å². The number of hydrogen-bond acceptors (Lipinski definition) is 2. The first kappa shape index (κ1) is 23.4. The minimum atomic E-state index is 0.340. The van der Waals surface area contributed by atoms with Crippen LogP contribution in [0.5, 0.6) is 0 Å². The Morgan fingerprint density at radius 2 is 0.892 bits per heavy atom. The maximum absolute atomic E-state index is 5.42. The van der Waals surface area contributed by atoms with Gasteiger partial charge in [0.15, 0.2) is 0 Å². The molecule has 0 spiro atoms. The van der Waals surface area contributed by atoms with Crippen LogP contribution in [0.1, 0.15) is 139 Å². The van der Waals surface area contributed by atoms with Crippen LogP contribution in [0.2, 0.25) is 0 Å². The van der Waals surface area contributed by atoms with Gasteiger partial charge in [-0.05, 0) is 137 Å². The van der Waals surface area contributed by atoms with Crippen molar-refractivity contribution in [1.29, 1.82) is 0 Å². The summed E-state index contributed by atoms with van der Waals surface area (Å²) in [5.74, 6) is 6.59. The molecule has 0 N–H and O–H groups in total. The van der Waals surface area contributed by atoms with Crippen molar-refractivity contribution >= 4 is 7.55 Å². The van der Waals surface area contributed by atoms with Gasteiger partial charge >= 0.3 is 7.55 Å². The molecule has 8 saturated carbocycles. The quantitative estimate of drug-likeness (QED) is 0.396. The highest BCUT2D eigenvalue weighted by Crippen LogP contribution is 2.61. The number of rotatable bonds is 6. The molecule has 8 aliphatic carbocycles. The third-order valence-electron chi connectivity index (χ3n) is 12.1. The highest BCUT2D eigenvalue weighted by Gasteiger charge is 2.54. The van der Waals surface area contributed by atoms with E-state index in [-0.39, 0.29) is 0 Å². The summed E-state index contributed by atoms with van der Waals surface area (Å²) in [6.45, 7) is 9.33. The Balaban J connectivity index is 1.15. The first-order valence-corrected chi connectivity index (χ1v) is 15.8. The van der Waals surface area contributed by atoms with Gasteiger partial charge in [-0.2, -0.15) is 10.2 Å². The van der Waals surface area contributed by atoms with Crippen LogP contribution >= 0.6 is 0 Å². The summed E-state index contributed by atoms with van der Waals surface area (Å²) in [5, 5.41) is 10.8. The van der Waals surface area contributed by atoms with Crippen LogP contribution in [-0.4, -0.2) is 26.9 Å². The fourth-order valence-corrected chi connectivity index (χ4v) is 11.3. The highest BCUT2D eigenvalue weighted by atomic mass is 15.3. The maximum atomic E-state index is 5.42. The van der Waals surface area contributed by atoms with E-state index < -0.39 is 0 Å². The molecular formula is C32H46BN4. The molecule has 0 saturated heterocycles. The van der Waals surface area contributed by atoms with E-state index in [9.17, 15) is 0 Å². The molecule has 197 valence electrons. The van der Waals surface area contributed by atoms with Crippen molar-refractivity contribution in [2.45, 2.75) is 127 Å². The first-order valence-electron chi connectivity index (χ1n) is 15.8. The summed E-state index contributed by atoms with van der Waals surface area (Å²) in [4.78, 5) is 0. The van der Waals surface area contributed by atoms with Crippen LogP contribution in [0.15, 0.2) is 12.1 Å². The van der Waals surface area contributed by atoms with E-state index in [4.69, 9.17) is 10.2 Å². The standard InChI is InChI=1S/C32H46BN4/c1-19(2)27-11-29(31-13-21-5-22(14-31)7-23(6-21)15-31)34-36(27)33-37-28(20(3)4)12-30(35-37)32-16-24-8-25(17-32)10-26(9-24)18-32/h11-12,19-26H,5-10,13-18H2,1-4H3. The topological polar surface area (TPSA) is 35.6 Å². The van der Waals surface area contributed by atoms with Gasteiger partial charge in [0.25, 0.3) is 0 Å². The molecule has 0 unspecified atom stereocenters. The van der Waals surface area contributed by atoms with Gasteiger partial charge in [-0.15, -0.1) is 0 Å². The smallest absolute Gasteiger partial charge is 0.289 e. The summed E-state index contributed by atoms with van der Waals surface area (Å²) >= 11 is 0. The Kier molecular flexibility index (Phi) is 5.06. The zero-order valence-corrected chi connectivity index (χ0v) is 23.6. The summed E-state index contributed by atoms with van der Waals surface area (Å²) in [7, 11) is 2.25. The molecule has 8 aliphatic rings. The van der Waals surface area contributed by atoms with Gasteiger partial charge in [0.05, 0.1) is 11.4 Å². The Morgan fingerprint density at radius 3 is 1.16 bits per heavy atom. The molecule has 8 bridgehead atoms. The van der Waals surface area contributed by atoms with Crippen molar-refractivity contribution in [3.8, 4) is 0 Å². The minimum Gasteiger partial charge on any atom is -0.289 e. The minimum absolute atomic E-state index is 0.340. The maximum Gasteiger partial charge on any atom is 0.437 e. The summed E-state index contributed by atoms with van der Waals surface area (Å²) in [6.07, 6.45) is 17.2. The third kappa shape index (κ3) is 3.60. The molecule has 10 rings (SSSR count). The van der Waals surface area contributed by atoms with Gasteiger partial charge in [-0.25, -0.2) is 0 Å². The lowest BCUT2D eigenvalue weighted by Crippen LogP contribution is -2.49. The number of hydrogen-bond donors (Lipinski definition) is 0. The van der Waals surface area contributed by atoms with E-state index in [1.165, 1.54) is 99.8 Å². The molecule has 0 aliphatic heterocycles. The largest absolute Gasteiger partial charge is 0.437 e. The van der Waals surface area contributed by atoms with E-state index in [0.29, 0.717) is 22.7 Å². The number of aromatic nitrogens is 4. The Labute approximate surface area is 224 Å². The Morgan fingerprint density at radius 1 is 0.595 bits per heavy atom. The van der Waals surface area contributed by atoms with Gasteiger partial charge in [0.1, 0.15) is 0 Å². The second-order valence-corrected chi connectivity index (χ2v) is 15.6. The third-order valence-corrected chi connectivity index (χ3v) is 12.1. The SMILES string of the molecule is CC(C)c1cc(C23CC4CC(CC(C4)C2)C3)nn1[B]n1nc(C23CC4CC(CC(C4)C2)C3)cc1C(C)C. The summed E-state index contributed by atoms with van der Waals surface area (Å²) < 4.78 is 4.47. The molecule has 0 amide bonds. The summed E-state index contributed by atoms with van der Waals surface area (Å²) in [5.41, 5.74) is 6.18. The predicted octanol–water partition coefficient (Wildman–Crippen LogP) is 7.19. The molecule has 5 heteroatoms. The fourth-order valence-electron chi connectivity index (χ4n) is 11.3. The average molecular weight is 498 g/mol. The lowest BCUT2D eigenvalue weighted by atomic mass is 9.49. The van der Waals surface area contributed by atoms with E-state index >= 15 is 0 Å². The van der Waals surface area contributed by atoms with Gasteiger partial charge in [-0.1, -0.05) is 27.7 Å². The van der Waals surface area contributed by atoms with Gasteiger partial charge in [-0.3, -0.25) is 9.19 Å². The fraction of sp³-hybridized carbons (Fsp3) is 0.812. The van der Waals surface area contributed by atoms with Crippen molar-refractivity contribution in [3.63, 3.8) is 0 Å². The highest BCUT2D eigenvalue weighted by molar-refractivity contribution is 6.31. The van der Waals surface area contributed by atoms with Crippen LogP contribution in [0, 0.1) is 35.5 Å². The van der Waals surface area contributed by atoms with Crippen molar-refractivity contribution in [2.75, 3.05) is 0 Å².